The number of aliphatic hydroxyl groups excluding tert-OH is 2. The summed E-state index contributed by atoms with van der Waals surface area (Å²) in [7, 11) is 0. The number of allylic oxidation sites excluding steroid dienone is 2. The molecule has 10 amide bonds. The Hall–Kier alpha value is -6.21. The molecule has 1 heterocycles. The minimum atomic E-state index is -1.88. The molecular weight excluding hydrogens is 967 g/mol. The van der Waals surface area contributed by atoms with E-state index in [0.29, 0.717) is 12.8 Å². The van der Waals surface area contributed by atoms with Crippen molar-refractivity contribution < 1.29 is 68.1 Å². The summed E-state index contributed by atoms with van der Waals surface area (Å²) in [6.45, 7) is 18.3. The number of rotatable bonds is 19. The molecule has 0 fully saturated rings. The van der Waals surface area contributed by atoms with Crippen molar-refractivity contribution in [3.8, 4) is 0 Å². The third-order valence-corrected chi connectivity index (χ3v) is 12.5. The highest BCUT2D eigenvalue weighted by atomic mass is 16.4. The van der Waals surface area contributed by atoms with Crippen molar-refractivity contribution in [2.45, 2.75) is 218 Å². The number of hydrogen-bond donors (Lipinski definition) is 14. The van der Waals surface area contributed by atoms with Crippen LogP contribution in [0.4, 0.5) is 0 Å². The zero-order chi connectivity index (χ0) is 57.1. The summed E-state index contributed by atoms with van der Waals surface area (Å²) in [6.07, 6.45) is 0.438. The van der Waals surface area contributed by atoms with Crippen LogP contribution in [0.2, 0.25) is 0 Å². The van der Waals surface area contributed by atoms with Gasteiger partial charge < -0.3 is 74.6 Å². The van der Waals surface area contributed by atoms with Crippen molar-refractivity contribution in [3.05, 3.63) is 12.2 Å². The quantitative estimate of drug-likeness (QED) is 0.0624. The molecule has 0 saturated heterocycles. The van der Waals surface area contributed by atoms with Gasteiger partial charge in [-0.1, -0.05) is 46.3 Å². The number of carboxylic acids is 1. The van der Waals surface area contributed by atoms with Crippen molar-refractivity contribution in [3.63, 3.8) is 0 Å². The van der Waals surface area contributed by atoms with Crippen LogP contribution >= 0.6 is 0 Å². The van der Waals surface area contributed by atoms with Gasteiger partial charge in [0.25, 0.3) is 0 Å². The van der Waals surface area contributed by atoms with E-state index in [-0.39, 0.29) is 44.9 Å². The van der Waals surface area contributed by atoms with Crippen LogP contribution in [0.5, 0.6) is 0 Å². The number of carbonyl (C=O) groups is 11. The van der Waals surface area contributed by atoms with Crippen LogP contribution in [-0.4, -0.2) is 151 Å². The topological polar surface area (TPSA) is 409 Å². The summed E-state index contributed by atoms with van der Waals surface area (Å²) in [4.78, 5) is 148. The second kappa shape index (κ2) is 29.6. The van der Waals surface area contributed by atoms with Crippen LogP contribution in [0, 0.1) is 11.8 Å². The monoisotopic (exact) mass is 1050 g/mol. The third kappa shape index (κ3) is 21.7. The van der Waals surface area contributed by atoms with E-state index in [2.05, 4.69) is 47.9 Å². The Bertz CT molecular complexity index is 2040. The fourth-order valence-electron chi connectivity index (χ4n) is 7.59. The average Bonchev–Trinajstić information content (AvgIpc) is 3.28. The molecule has 0 saturated carbocycles. The van der Waals surface area contributed by atoms with Crippen LogP contribution in [0.25, 0.3) is 0 Å². The molecule has 16 N–H and O–H groups in total. The Labute approximate surface area is 433 Å². The Balaban J connectivity index is 3.82. The molecule has 25 nitrogen and oxygen atoms in total. The molecule has 0 spiro atoms. The van der Waals surface area contributed by atoms with Gasteiger partial charge in [0.15, 0.2) is 0 Å². The maximum atomic E-state index is 14.5. The van der Waals surface area contributed by atoms with Crippen LogP contribution in [-0.2, 0) is 52.7 Å². The van der Waals surface area contributed by atoms with E-state index in [4.69, 9.17) is 11.5 Å². The molecular formula is C49H85N11O14. The van der Waals surface area contributed by atoms with Gasteiger partial charge in [-0.25, -0.2) is 0 Å². The number of primary amides is 1. The first-order valence-corrected chi connectivity index (χ1v) is 25.2. The van der Waals surface area contributed by atoms with E-state index < -0.39 is 154 Å². The van der Waals surface area contributed by atoms with Gasteiger partial charge >= 0.3 is 5.97 Å². The first kappa shape index (κ1) is 65.8. The van der Waals surface area contributed by atoms with Gasteiger partial charge in [0.1, 0.15) is 53.4 Å². The number of carbonyl (C=O) groups excluding carboxylic acids is 10. The largest absolute Gasteiger partial charge is 0.481 e. The summed E-state index contributed by atoms with van der Waals surface area (Å²) in [5.74, 6) is -11.6. The van der Waals surface area contributed by atoms with Crippen LogP contribution in [0.3, 0.4) is 0 Å². The molecule has 0 radical (unpaired) electrons. The van der Waals surface area contributed by atoms with Crippen LogP contribution < -0.4 is 59.3 Å². The predicted molar refractivity (Wildman–Crippen MR) is 271 cm³/mol. The third-order valence-electron chi connectivity index (χ3n) is 12.5. The summed E-state index contributed by atoms with van der Waals surface area (Å²) >= 11 is 0. The molecule has 1 aliphatic rings. The van der Waals surface area contributed by atoms with Crippen LogP contribution in [0.15, 0.2) is 12.2 Å². The summed E-state index contributed by atoms with van der Waals surface area (Å²) < 4.78 is 0. The lowest BCUT2D eigenvalue weighted by Gasteiger charge is -2.35. The lowest BCUT2D eigenvalue weighted by Crippen LogP contribution is -2.65. The molecule has 12 atom stereocenters. The molecule has 1 aliphatic heterocycles. The maximum absolute atomic E-state index is 14.5. The van der Waals surface area contributed by atoms with Crippen molar-refractivity contribution >= 4 is 65.0 Å². The van der Waals surface area contributed by atoms with Gasteiger partial charge in [0, 0.05) is 12.0 Å². The molecule has 1 rings (SSSR count). The zero-order valence-electron chi connectivity index (χ0n) is 45.1. The number of amides is 10. The SMILES string of the molecule is CC[C@H](C)[C@@H]1NC(=O)[C@H](C)NC(=O)[C@@](C)(NC(=O)[C@H](CCC(N)=O)NC(=O)[C@H](N)[C@@H](C)O)CCC/C=C/CCC[C@@](C)(C(=O)N[C@H](C(=O)N[C@H](C(=O)NC(C)(C)C)[C@@H](C)O)C(C)C)NC(=O)[C@H](CC(=O)O)NC1=O. The first-order valence-electron chi connectivity index (χ1n) is 25.2. The molecule has 0 unspecified atom stereocenters. The molecule has 0 aromatic rings. The normalized spacial score (nSPS) is 25.2. The Morgan fingerprint density at radius 3 is 1.85 bits per heavy atom. The standard InChI is InChI=1S/C49H85N11O14/c1-13-26(4)36-43(71)54-31(24-33(64)65)40(68)60-49(12,46(74)57-35(25(2)3)42(70)56-37(29(7)62)44(72)58-47(8,9)10)23-19-17-15-14-16-18-22-48(11,45(73)52-27(5)38(66)55-36)59-39(67)30(20-21-32(50)63)53-41(69)34(51)28(6)61/h14-15,25-31,34-37,61-62H,13,16-24,51H2,1-12H3,(H2,50,63)(H,52,73)(H,53,69)(H,54,71)(H,55,66)(H,56,70)(H,57,74)(H,58,72)(H,59,67)(H,60,68)(H,64,65)/b15-14+/t26-,27-,28+,29+,30-,31-,34+,35-,36-,37-,48-,49-/m0/s1. The lowest BCUT2D eigenvalue weighted by atomic mass is 9.91. The lowest BCUT2D eigenvalue weighted by molar-refractivity contribution is -0.143. The highest BCUT2D eigenvalue weighted by Gasteiger charge is 2.43. The van der Waals surface area contributed by atoms with Gasteiger partial charge in [-0.3, -0.25) is 52.7 Å². The Morgan fingerprint density at radius 2 is 1.35 bits per heavy atom. The number of aliphatic hydroxyl groups is 2. The van der Waals surface area contributed by atoms with E-state index in [1.807, 2.05) is 0 Å². The molecule has 420 valence electrons. The van der Waals surface area contributed by atoms with E-state index >= 15 is 0 Å². The fourth-order valence-corrected chi connectivity index (χ4v) is 7.59. The van der Waals surface area contributed by atoms with Crippen molar-refractivity contribution in [1.29, 1.82) is 0 Å². The minimum Gasteiger partial charge on any atom is -0.481 e. The molecule has 74 heavy (non-hydrogen) atoms. The van der Waals surface area contributed by atoms with Gasteiger partial charge in [0.2, 0.25) is 59.1 Å². The van der Waals surface area contributed by atoms with Crippen molar-refractivity contribution in [2.24, 2.45) is 23.3 Å². The second-order valence-electron chi connectivity index (χ2n) is 21.1. The van der Waals surface area contributed by atoms with Gasteiger partial charge in [-0.05, 0) is 112 Å². The molecule has 0 aromatic heterocycles. The molecule has 0 aromatic carbocycles. The van der Waals surface area contributed by atoms with E-state index in [1.165, 1.54) is 34.6 Å². The summed E-state index contributed by atoms with van der Waals surface area (Å²) in [5, 5.41) is 53.3. The Morgan fingerprint density at radius 1 is 0.770 bits per heavy atom. The number of nitrogens with one attached hydrogen (secondary N) is 9. The number of aliphatic carboxylic acids is 1. The van der Waals surface area contributed by atoms with Gasteiger partial charge in [-0.2, -0.15) is 0 Å². The highest BCUT2D eigenvalue weighted by Crippen LogP contribution is 2.21. The highest BCUT2D eigenvalue weighted by molar-refractivity contribution is 6.00. The molecule has 0 aliphatic carbocycles. The molecule has 0 bridgehead atoms. The van der Waals surface area contributed by atoms with E-state index in [9.17, 15) is 68.1 Å². The van der Waals surface area contributed by atoms with E-state index in [1.54, 1.807) is 60.6 Å². The smallest absolute Gasteiger partial charge is 0.305 e. The van der Waals surface area contributed by atoms with Gasteiger partial charge in [-0.15, -0.1) is 0 Å². The zero-order valence-corrected chi connectivity index (χ0v) is 45.1. The summed E-state index contributed by atoms with van der Waals surface area (Å²) in [5.41, 5.74) is 6.73. The van der Waals surface area contributed by atoms with Crippen LogP contribution in [0.1, 0.15) is 147 Å². The Kier molecular flexibility index (Phi) is 26.3. The minimum absolute atomic E-state index is 0.0517. The fraction of sp³-hybridized carbons (Fsp3) is 0.735. The summed E-state index contributed by atoms with van der Waals surface area (Å²) in [6, 6.07) is -10.3. The molecule has 25 heteroatoms. The van der Waals surface area contributed by atoms with Crippen molar-refractivity contribution in [2.75, 3.05) is 0 Å². The maximum Gasteiger partial charge on any atom is 0.305 e. The number of nitrogens with two attached hydrogens (primary N) is 2. The van der Waals surface area contributed by atoms with Gasteiger partial charge in [0.05, 0.1) is 18.6 Å². The predicted octanol–water partition coefficient (Wildman–Crippen LogP) is -1.98. The van der Waals surface area contributed by atoms with Crippen molar-refractivity contribution in [1.82, 2.24) is 47.9 Å². The number of hydrogen-bond acceptors (Lipinski definition) is 14. The second-order valence-corrected chi connectivity index (χ2v) is 21.1. The first-order chi connectivity index (χ1) is 34.1. The van der Waals surface area contributed by atoms with E-state index in [0.717, 1.165) is 0 Å². The average molecular weight is 1050 g/mol. The number of carboxylic acid groups (broad SMARTS) is 1.